The van der Waals surface area contributed by atoms with Crippen LogP contribution >= 0.6 is 0 Å². The molecule has 1 N–H and O–H groups in total. The van der Waals surface area contributed by atoms with Crippen molar-refractivity contribution in [2.24, 2.45) is 5.92 Å². The number of hydrogen-bond donors (Lipinski definition) is 1. The molecule has 1 aromatic heterocycles. The van der Waals surface area contributed by atoms with Gasteiger partial charge in [0.25, 0.3) is 0 Å². The normalized spacial score (nSPS) is 16.2. The molecule has 0 radical (unpaired) electrons. The van der Waals surface area contributed by atoms with Crippen molar-refractivity contribution in [2.75, 3.05) is 6.54 Å². The van der Waals surface area contributed by atoms with E-state index < -0.39 is 0 Å². The molecule has 0 amide bonds. The zero-order valence-corrected chi connectivity index (χ0v) is 12.6. The van der Waals surface area contributed by atoms with Gasteiger partial charge in [0.05, 0.1) is 6.20 Å². The van der Waals surface area contributed by atoms with Crippen molar-refractivity contribution in [3.63, 3.8) is 0 Å². The van der Waals surface area contributed by atoms with Crippen molar-refractivity contribution in [3.8, 4) is 11.5 Å². The minimum Gasteiger partial charge on any atom is -0.445 e. The second kappa shape index (κ2) is 7.41. The summed E-state index contributed by atoms with van der Waals surface area (Å²) in [5.41, 5.74) is 2.34. The van der Waals surface area contributed by atoms with Crippen molar-refractivity contribution in [3.05, 3.63) is 42.3 Å². The molecule has 0 aliphatic heterocycles. The molecule has 3 rings (SSSR count). The van der Waals surface area contributed by atoms with Gasteiger partial charge in [-0.05, 0) is 30.5 Å². The Kier molecular flexibility index (Phi) is 5.06. The predicted octanol–water partition coefficient (Wildman–Crippen LogP) is 4.40. The molecule has 1 aromatic carbocycles. The summed E-state index contributed by atoms with van der Waals surface area (Å²) in [6.07, 6.45) is 11.8. The maximum absolute atomic E-state index is 5.42. The second-order valence-corrected chi connectivity index (χ2v) is 5.96. The molecule has 0 unspecified atom stereocenters. The van der Waals surface area contributed by atoms with Gasteiger partial charge in [-0.3, -0.25) is 0 Å². The summed E-state index contributed by atoms with van der Waals surface area (Å²) in [4.78, 5) is 4.25. The lowest BCUT2D eigenvalue weighted by Crippen LogP contribution is -2.19. The number of hydrogen-bond acceptors (Lipinski definition) is 3. The Morgan fingerprint density at radius 3 is 2.81 bits per heavy atom. The zero-order chi connectivity index (χ0) is 14.3. The van der Waals surface area contributed by atoms with E-state index in [1.54, 1.807) is 12.5 Å². The van der Waals surface area contributed by atoms with E-state index in [0.29, 0.717) is 5.89 Å². The molecule has 3 heteroatoms. The van der Waals surface area contributed by atoms with Gasteiger partial charge in [-0.15, -0.1) is 0 Å². The molecule has 1 fully saturated rings. The first-order chi connectivity index (χ1) is 10.4. The smallest absolute Gasteiger partial charge is 0.226 e. The van der Waals surface area contributed by atoms with E-state index in [2.05, 4.69) is 28.5 Å². The standard InChI is InChI=1S/C18H24N2O/c1-2-6-15(7-3-1)10-11-19-14-16-8-4-5-9-17(16)18-20-12-13-21-18/h4-5,8-9,12-13,15,19H,1-3,6-7,10-11,14H2. The SMILES string of the molecule is c1ccc(-c2ncco2)c(CNCCC2CCCCC2)c1. The molecule has 0 bridgehead atoms. The zero-order valence-electron chi connectivity index (χ0n) is 12.6. The van der Waals surface area contributed by atoms with Crippen LogP contribution in [0.4, 0.5) is 0 Å². The summed E-state index contributed by atoms with van der Waals surface area (Å²) in [5, 5.41) is 3.58. The number of oxazole rings is 1. The van der Waals surface area contributed by atoms with Gasteiger partial charge in [0.1, 0.15) is 6.26 Å². The van der Waals surface area contributed by atoms with Crippen LogP contribution in [-0.2, 0) is 6.54 Å². The van der Waals surface area contributed by atoms with Gasteiger partial charge in [0, 0.05) is 12.1 Å². The highest BCUT2D eigenvalue weighted by Gasteiger charge is 2.13. The van der Waals surface area contributed by atoms with Crippen molar-refractivity contribution in [1.82, 2.24) is 10.3 Å². The van der Waals surface area contributed by atoms with E-state index in [9.17, 15) is 0 Å². The van der Waals surface area contributed by atoms with Gasteiger partial charge in [-0.1, -0.05) is 50.3 Å². The van der Waals surface area contributed by atoms with Crippen LogP contribution in [0.5, 0.6) is 0 Å². The van der Waals surface area contributed by atoms with E-state index >= 15 is 0 Å². The van der Waals surface area contributed by atoms with Crippen LogP contribution in [0.25, 0.3) is 11.5 Å². The quantitative estimate of drug-likeness (QED) is 0.799. The fourth-order valence-electron chi connectivity index (χ4n) is 3.24. The number of nitrogens with one attached hydrogen (secondary N) is 1. The molecule has 1 aliphatic carbocycles. The van der Waals surface area contributed by atoms with Gasteiger partial charge in [0.15, 0.2) is 0 Å². The topological polar surface area (TPSA) is 38.1 Å². The fraction of sp³-hybridized carbons (Fsp3) is 0.500. The summed E-state index contributed by atoms with van der Waals surface area (Å²) in [6.45, 7) is 1.98. The molecule has 21 heavy (non-hydrogen) atoms. The third-order valence-electron chi connectivity index (χ3n) is 4.45. The van der Waals surface area contributed by atoms with Crippen molar-refractivity contribution in [2.45, 2.75) is 45.1 Å². The third kappa shape index (κ3) is 3.94. The first-order valence-electron chi connectivity index (χ1n) is 8.12. The van der Waals surface area contributed by atoms with Gasteiger partial charge in [-0.25, -0.2) is 4.98 Å². The van der Waals surface area contributed by atoms with Crippen LogP contribution in [-0.4, -0.2) is 11.5 Å². The Balaban J connectivity index is 1.51. The van der Waals surface area contributed by atoms with E-state index in [4.69, 9.17) is 4.42 Å². The molecular formula is C18H24N2O. The van der Waals surface area contributed by atoms with Crippen molar-refractivity contribution >= 4 is 0 Å². The number of aromatic nitrogens is 1. The molecule has 0 atom stereocenters. The Morgan fingerprint density at radius 2 is 2.00 bits per heavy atom. The second-order valence-electron chi connectivity index (χ2n) is 5.96. The van der Waals surface area contributed by atoms with Gasteiger partial charge < -0.3 is 9.73 Å². The Morgan fingerprint density at radius 1 is 1.14 bits per heavy atom. The Hall–Kier alpha value is -1.61. The third-order valence-corrected chi connectivity index (χ3v) is 4.45. The van der Waals surface area contributed by atoms with Crippen LogP contribution in [0.1, 0.15) is 44.1 Å². The molecule has 1 aliphatic rings. The van der Waals surface area contributed by atoms with E-state index in [1.807, 2.05) is 6.07 Å². The first kappa shape index (κ1) is 14.3. The highest BCUT2D eigenvalue weighted by Crippen LogP contribution is 2.26. The summed E-state index contributed by atoms with van der Waals surface area (Å²) in [6, 6.07) is 8.33. The Labute approximate surface area is 126 Å². The average molecular weight is 284 g/mol. The van der Waals surface area contributed by atoms with Crippen LogP contribution in [0, 0.1) is 5.92 Å². The van der Waals surface area contributed by atoms with E-state index in [-0.39, 0.29) is 0 Å². The van der Waals surface area contributed by atoms with Crippen LogP contribution in [0.15, 0.2) is 41.1 Å². The summed E-state index contributed by atoms with van der Waals surface area (Å²) in [7, 11) is 0. The minimum absolute atomic E-state index is 0.708. The predicted molar refractivity (Wildman–Crippen MR) is 84.8 cm³/mol. The lowest BCUT2D eigenvalue weighted by atomic mass is 9.87. The van der Waals surface area contributed by atoms with Crippen LogP contribution in [0.2, 0.25) is 0 Å². The van der Waals surface area contributed by atoms with Gasteiger partial charge in [-0.2, -0.15) is 0 Å². The molecule has 112 valence electrons. The van der Waals surface area contributed by atoms with Crippen molar-refractivity contribution < 1.29 is 4.42 Å². The number of rotatable bonds is 6. The van der Waals surface area contributed by atoms with E-state index in [0.717, 1.165) is 24.6 Å². The summed E-state index contributed by atoms with van der Waals surface area (Å²) < 4.78 is 5.42. The molecule has 1 saturated carbocycles. The Bertz CT molecular complexity index is 530. The molecule has 1 heterocycles. The first-order valence-corrected chi connectivity index (χ1v) is 8.12. The summed E-state index contributed by atoms with van der Waals surface area (Å²) in [5.74, 6) is 1.65. The van der Waals surface area contributed by atoms with Crippen LogP contribution in [0.3, 0.4) is 0 Å². The fourth-order valence-corrected chi connectivity index (χ4v) is 3.24. The number of nitrogens with zero attached hydrogens (tertiary/aromatic N) is 1. The lowest BCUT2D eigenvalue weighted by Gasteiger charge is -2.21. The number of benzene rings is 1. The maximum Gasteiger partial charge on any atom is 0.226 e. The molecule has 3 nitrogen and oxygen atoms in total. The van der Waals surface area contributed by atoms with Crippen molar-refractivity contribution in [1.29, 1.82) is 0 Å². The highest BCUT2D eigenvalue weighted by molar-refractivity contribution is 5.58. The highest BCUT2D eigenvalue weighted by atomic mass is 16.3. The summed E-state index contributed by atoms with van der Waals surface area (Å²) >= 11 is 0. The molecular weight excluding hydrogens is 260 g/mol. The maximum atomic E-state index is 5.42. The minimum atomic E-state index is 0.708. The van der Waals surface area contributed by atoms with Gasteiger partial charge >= 0.3 is 0 Å². The molecule has 0 spiro atoms. The van der Waals surface area contributed by atoms with Gasteiger partial charge in [0.2, 0.25) is 5.89 Å². The molecule has 0 saturated heterocycles. The lowest BCUT2D eigenvalue weighted by molar-refractivity contribution is 0.334. The monoisotopic (exact) mass is 284 g/mol. The average Bonchev–Trinajstić information content (AvgIpc) is 3.07. The van der Waals surface area contributed by atoms with Crippen LogP contribution < -0.4 is 5.32 Å². The molecule has 2 aromatic rings. The van der Waals surface area contributed by atoms with E-state index in [1.165, 1.54) is 44.1 Å². The largest absolute Gasteiger partial charge is 0.445 e.